The van der Waals surface area contributed by atoms with Gasteiger partial charge in [-0.2, -0.15) is 0 Å². The summed E-state index contributed by atoms with van der Waals surface area (Å²) in [5.41, 5.74) is 1.91. The van der Waals surface area contributed by atoms with Gasteiger partial charge in [0.2, 0.25) is 15.9 Å². The number of carboxylic acids is 1. The molecule has 1 aliphatic rings. The summed E-state index contributed by atoms with van der Waals surface area (Å²) in [5.74, 6) is -1.20. The van der Waals surface area contributed by atoms with Gasteiger partial charge in [-0.25, -0.2) is 13.1 Å². The second-order valence-electron chi connectivity index (χ2n) is 6.05. The number of fused-ring (bicyclic) bond motifs is 1. The first-order valence-electron chi connectivity index (χ1n) is 8.07. The van der Waals surface area contributed by atoms with Crippen molar-refractivity contribution in [1.82, 2.24) is 4.72 Å². The Kier molecular flexibility index (Phi) is 5.06. The first-order valence-corrected chi connectivity index (χ1v) is 9.55. The Morgan fingerprint density at radius 3 is 2.58 bits per heavy atom. The number of rotatable bonds is 6. The molecule has 8 heteroatoms. The van der Waals surface area contributed by atoms with Gasteiger partial charge in [-0.1, -0.05) is 30.3 Å². The first kappa shape index (κ1) is 18.1. The molecule has 2 aromatic carbocycles. The van der Waals surface area contributed by atoms with E-state index in [0.717, 1.165) is 5.56 Å². The molecular formula is C18H18N2O5S. The monoisotopic (exact) mass is 374 g/mol. The highest BCUT2D eigenvalue weighted by molar-refractivity contribution is 7.89. The van der Waals surface area contributed by atoms with Gasteiger partial charge in [-0.3, -0.25) is 9.59 Å². The van der Waals surface area contributed by atoms with E-state index in [0.29, 0.717) is 24.1 Å². The number of sulfonamides is 1. The average Bonchev–Trinajstić information content (AvgIpc) is 2.61. The Balaban J connectivity index is 1.89. The summed E-state index contributed by atoms with van der Waals surface area (Å²) >= 11 is 0. The van der Waals surface area contributed by atoms with E-state index < -0.39 is 22.0 Å². The zero-order valence-corrected chi connectivity index (χ0v) is 14.6. The molecule has 0 unspecified atom stereocenters. The summed E-state index contributed by atoms with van der Waals surface area (Å²) in [7, 11) is -3.93. The number of aryl methyl sites for hydroxylation is 1. The highest BCUT2D eigenvalue weighted by Gasteiger charge is 2.25. The van der Waals surface area contributed by atoms with E-state index in [9.17, 15) is 18.0 Å². The molecule has 1 amide bonds. The van der Waals surface area contributed by atoms with Crippen LogP contribution in [0, 0.1) is 0 Å². The molecule has 7 nitrogen and oxygen atoms in total. The molecule has 0 saturated heterocycles. The van der Waals surface area contributed by atoms with Gasteiger partial charge in [0, 0.05) is 12.1 Å². The van der Waals surface area contributed by atoms with Crippen molar-refractivity contribution in [1.29, 1.82) is 0 Å². The Hall–Kier alpha value is -2.71. The van der Waals surface area contributed by atoms with E-state index in [4.69, 9.17) is 5.11 Å². The summed E-state index contributed by atoms with van der Waals surface area (Å²) < 4.78 is 28.0. The minimum Gasteiger partial charge on any atom is -0.481 e. The molecule has 0 fully saturated rings. The number of hydrogen-bond acceptors (Lipinski definition) is 4. The normalized spacial score (nSPS) is 15.0. The second-order valence-corrected chi connectivity index (χ2v) is 7.76. The standard InChI is InChI=1S/C18H18N2O5S/c21-17-9-6-13-10-14(7-8-15(13)19-17)26(24,25)20-16(11-18(22)23)12-4-2-1-3-5-12/h1-5,7-8,10,16,20H,6,9,11H2,(H,19,21)(H,22,23)/t16-/m0/s1. The summed E-state index contributed by atoms with van der Waals surface area (Å²) in [4.78, 5) is 22.6. The molecule has 3 rings (SSSR count). The van der Waals surface area contributed by atoms with Crippen LogP contribution in [-0.4, -0.2) is 25.4 Å². The third-order valence-corrected chi connectivity index (χ3v) is 5.63. The van der Waals surface area contributed by atoms with Crippen LogP contribution in [0.3, 0.4) is 0 Å². The van der Waals surface area contributed by atoms with Crippen molar-refractivity contribution in [3.63, 3.8) is 0 Å². The third-order valence-electron chi connectivity index (χ3n) is 4.16. The van der Waals surface area contributed by atoms with Gasteiger partial charge >= 0.3 is 5.97 Å². The molecule has 0 saturated carbocycles. The van der Waals surface area contributed by atoms with Gasteiger partial charge in [0.15, 0.2) is 0 Å². The molecule has 1 aliphatic heterocycles. The number of carbonyl (C=O) groups is 2. The van der Waals surface area contributed by atoms with Crippen molar-refractivity contribution >= 4 is 27.6 Å². The largest absolute Gasteiger partial charge is 0.481 e. The van der Waals surface area contributed by atoms with Gasteiger partial charge in [0.1, 0.15) is 0 Å². The quantitative estimate of drug-likeness (QED) is 0.716. The lowest BCUT2D eigenvalue weighted by Crippen LogP contribution is -2.30. The number of carboxylic acid groups (broad SMARTS) is 1. The maximum absolute atomic E-state index is 12.8. The minimum atomic E-state index is -3.93. The zero-order valence-electron chi connectivity index (χ0n) is 13.8. The fourth-order valence-electron chi connectivity index (χ4n) is 2.87. The average molecular weight is 374 g/mol. The SMILES string of the molecule is O=C(O)C[C@H](NS(=O)(=O)c1ccc2c(c1)CCC(=O)N2)c1ccccc1. The van der Waals surface area contributed by atoms with Crippen molar-refractivity contribution in [3.05, 3.63) is 59.7 Å². The number of carbonyl (C=O) groups excluding carboxylic acids is 1. The van der Waals surface area contributed by atoms with Crippen molar-refractivity contribution in [3.8, 4) is 0 Å². The highest BCUT2D eigenvalue weighted by Crippen LogP contribution is 2.27. The number of aliphatic carboxylic acids is 1. The Labute approximate surface area is 151 Å². The molecule has 3 N–H and O–H groups in total. The molecule has 0 aliphatic carbocycles. The topological polar surface area (TPSA) is 113 Å². The molecule has 136 valence electrons. The smallest absolute Gasteiger partial charge is 0.305 e. The van der Waals surface area contributed by atoms with Gasteiger partial charge < -0.3 is 10.4 Å². The Morgan fingerprint density at radius 1 is 1.15 bits per heavy atom. The lowest BCUT2D eigenvalue weighted by atomic mass is 10.0. The van der Waals surface area contributed by atoms with Crippen LogP contribution in [0.2, 0.25) is 0 Å². The van der Waals surface area contributed by atoms with Gasteiger partial charge in [-0.15, -0.1) is 0 Å². The van der Waals surface area contributed by atoms with E-state index in [1.165, 1.54) is 12.1 Å². The lowest BCUT2D eigenvalue weighted by molar-refractivity contribution is -0.137. The van der Waals surface area contributed by atoms with Crippen molar-refractivity contribution in [2.45, 2.75) is 30.2 Å². The van der Waals surface area contributed by atoms with Crippen LogP contribution >= 0.6 is 0 Å². The highest BCUT2D eigenvalue weighted by atomic mass is 32.2. The zero-order chi connectivity index (χ0) is 18.7. The first-order chi connectivity index (χ1) is 12.3. The van der Waals surface area contributed by atoms with E-state index in [1.54, 1.807) is 36.4 Å². The Morgan fingerprint density at radius 2 is 1.88 bits per heavy atom. The number of benzene rings is 2. The fraction of sp³-hybridized carbons (Fsp3) is 0.222. The fourth-order valence-corrected chi connectivity index (χ4v) is 4.14. The second kappa shape index (κ2) is 7.27. The van der Waals surface area contributed by atoms with Crippen molar-refractivity contribution < 1.29 is 23.1 Å². The molecule has 0 radical (unpaired) electrons. The van der Waals surface area contributed by atoms with Gasteiger partial charge in [0.05, 0.1) is 17.4 Å². The van der Waals surface area contributed by atoms with Crippen LogP contribution < -0.4 is 10.0 Å². The summed E-state index contributed by atoms with van der Waals surface area (Å²) in [5, 5.41) is 11.8. The van der Waals surface area contributed by atoms with E-state index in [2.05, 4.69) is 10.0 Å². The third kappa shape index (κ3) is 4.09. The Bertz CT molecular complexity index is 941. The van der Waals surface area contributed by atoms with Crippen molar-refractivity contribution in [2.75, 3.05) is 5.32 Å². The summed E-state index contributed by atoms with van der Waals surface area (Å²) in [6, 6.07) is 12.2. The molecule has 0 bridgehead atoms. The van der Waals surface area contributed by atoms with Crippen molar-refractivity contribution in [2.24, 2.45) is 0 Å². The van der Waals surface area contributed by atoms with Gasteiger partial charge in [0.25, 0.3) is 0 Å². The van der Waals surface area contributed by atoms with Crippen LogP contribution in [0.25, 0.3) is 0 Å². The van der Waals surface area contributed by atoms with E-state index >= 15 is 0 Å². The van der Waals surface area contributed by atoms with Gasteiger partial charge in [-0.05, 0) is 35.7 Å². The number of hydrogen-bond donors (Lipinski definition) is 3. The molecular weight excluding hydrogens is 356 g/mol. The molecule has 0 spiro atoms. The van der Waals surface area contributed by atoms with Crippen LogP contribution in [0.5, 0.6) is 0 Å². The van der Waals surface area contributed by atoms with Crippen LogP contribution in [0.4, 0.5) is 5.69 Å². The van der Waals surface area contributed by atoms with Crippen LogP contribution in [0.15, 0.2) is 53.4 Å². The predicted molar refractivity (Wildman–Crippen MR) is 95.2 cm³/mol. The van der Waals surface area contributed by atoms with E-state index in [-0.39, 0.29) is 17.2 Å². The maximum atomic E-state index is 12.8. The van der Waals surface area contributed by atoms with Crippen LogP contribution in [0.1, 0.15) is 30.0 Å². The minimum absolute atomic E-state index is 0.0405. The number of amides is 1. The molecule has 2 aromatic rings. The summed E-state index contributed by atoms with van der Waals surface area (Å²) in [6.07, 6.45) is 0.390. The molecule has 26 heavy (non-hydrogen) atoms. The molecule has 1 heterocycles. The molecule has 1 atom stereocenters. The predicted octanol–water partition coefficient (Wildman–Crippen LogP) is 2.07. The number of anilines is 1. The number of nitrogens with one attached hydrogen (secondary N) is 2. The van der Waals surface area contributed by atoms with E-state index in [1.807, 2.05) is 0 Å². The maximum Gasteiger partial charge on any atom is 0.305 e. The lowest BCUT2D eigenvalue weighted by Gasteiger charge is -2.20. The summed E-state index contributed by atoms with van der Waals surface area (Å²) in [6.45, 7) is 0. The van der Waals surface area contributed by atoms with Crippen LogP contribution in [-0.2, 0) is 26.0 Å². The molecule has 0 aromatic heterocycles.